The quantitative estimate of drug-likeness (QED) is 0.905. The summed E-state index contributed by atoms with van der Waals surface area (Å²) in [4.78, 5) is 14.2. The van der Waals surface area contributed by atoms with Gasteiger partial charge >= 0.3 is 0 Å². The van der Waals surface area contributed by atoms with Crippen molar-refractivity contribution in [2.24, 2.45) is 0 Å². The van der Waals surface area contributed by atoms with Crippen molar-refractivity contribution in [3.63, 3.8) is 0 Å². The van der Waals surface area contributed by atoms with E-state index < -0.39 is 5.82 Å². The van der Waals surface area contributed by atoms with Gasteiger partial charge in [-0.05, 0) is 12.1 Å². The lowest BCUT2D eigenvalue weighted by atomic mass is 10.3. The molecule has 8 heteroatoms. The molecular weight excluding hydrogens is 293 g/mol. The Hall–Kier alpha value is -2.09. The van der Waals surface area contributed by atoms with Crippen LogP contribution in [-0.4, -0.2) is 50.8 Å². The summed E-state index contributed by atoms with van der Waals surface area (Å²) < 4.78 is 13.6. The third kappa shape index (κ3) is 2.99. The van der Waals surface area contributed by atoms with Gasteiger partial charge < -0.3 is 10.2 Å². The molecule has 6 nitrogen and oxygen atoms in total. The molecule has 2 aromatic rings. The fourth-order valence-corrected chi connectivity index (χ4v) is 2.98. The lowest BCUT2D eigenvalue weighted by molar-refractivity contribution is 0.0767. The second kappa shape index (κ2) is 6.13. The highest BCUT2D eigenvalue weighted by atomic mass is 32.2. The van der Waals surface area contributed by atoms with Crippen molar-refractivity contribution in [3.8, 4) is 0 Å². The predicted octanol–water partition coefficient (Wildman–Crippen LogP) is 1.88. The molecule has 2 heterocycles. The van der Waals surface area contributed by atoms with Gasteiger partial charge in [0.15, 0.2) is 11.5 Å². The van der Waals surface area contributed by atoms with Crippen LogP contribution in [-0.2, 0) is 0 Å². The van der Waals surface area contributed by atoms with Gasteiger partial charge in [-0.1, -0.05) is 12.1 Å². The molecule has 110 valence electrons. The van der Waals surface area contributed by atoms with Crippen LogP contribution in [0, 0.1) is 5.82 Å². The number of anilines is 2. The van der Waals surface area contributed by atoms with Gasteiger partial charge in [-0.2, -0.15) is 17.0 Å². The van der Waals surface area contributed by atoms with Crippen LogP contribution in [0.15, 0.2) is 24.3 Å². The van der Waals surface area contributed by atoms with Crippen LogP contribution in [0.2, 0.25) is 0 Å². The van der Waals surface area contributed by atoms with Gasteiger partial charge in [0.05, 0.1) is 5.69 Å². The van der Waals surface area contributed by atoms with E-state index in [2.05, 4.69) is 20.7 Å². The molecule has 1 aliphatic heterocycles. The number of halogens is 1. The van der Waals surface area contributed by atoms with Gasteiger partial charge in [0, 0.05) is 24.6 Å². The summed E-state index contributed by atoms with van der Waals surface area (Å²) in [5.41, 5.74) is 0.444. The van der Waals surface area contributed by atoms with Crippen molar-refractivity contribution in [1.29, 1.82) is 0 Å². The molecule has 1 aromatic heterocycles. The van der Waals surface area contributed by atoms with Crippen LogP contribution >= 0.6 is 11.8 Å². The average Bonchev–Trinajstić information content (AvgIpc) is 2.98. The topological polar surface area (TPSA) is 73.9 Å². The molecule has 0 spiro atoms. The van der Waals surface area contributed by atoms with E-state index in [1.54, 1.807) is 23.1 Å². The number of amides is 1. The molecule has 1 aliphatic rings. The highest BCUT2D eigenvalue weighted by molar-refractivity contribution is 7.99. The number of carbonyl (C=O) groups excluding carboxylic acids is 1. The van der Waals surface area contributed by atoms with Crippen molar-refractivity contribution in [1.82, 2.24) is 20.3 Å². The number of benzene rings is 1. The molecule has 1 fully saturated rings. The Morgan fingerprint density at radius 2 is 2.05 bits per heavy atom. The molecule has 0 radical (unpaired) electrons. The summed E-state index contributed by atoms with van der Waals surface area (Å²) in [5.74, 6) is 1.47. The number of H-pyrrole nitrogens is 1. The fraction of sp³-hybridized carbons (Fsp3) is 0.308. The molecule has 1 saturated heterocycles. The Morgan fingerprint density at radius 1 is 1.29 bits per heavy atom. The van der Waals surface area contributed by atoms with Crippen LogP contribution < -0.4 is 5.32 Å². The Morgan fingerprint density at radius 3 is 2.81 bits per heavy atom. The molecule has 0 aliphatic carbocycles. The molecule has 0 unspecified atom stereocenters. The maximum atomic E-state index is 13.6. The van der Waals surface area contributed by atoms with Gasteiger partial charge in [-0.25, -0.2) is 4.39 Å². The Kier molecular flexibility index (Phi) is 4.05. The minimum atomic E-state index is -0.409. The monoisotopic (exact) mass is 307 g/mol. The number of hydrogen-bond acceptors (Lipinski definition) is 5. The van der Waals surface area contributed by atoms with Crippen LogP contribution in [0.5, 0.6) is 0 Å². The van der Waals surface area contributed by atoms with Crippen molar-refractivity contribution in [2.75, 3.05) is 29.9 Å². The van der Waals surface area contributed by atoms with E-state index in [9.17, 15) is 9.18 Å². The van der Waals surface area contributed by atoms with E-state index in [4.69, 9.17) is 0 Å². The number of thioether (sulfide) groups is 1. The highest BCUT2D eigenvalue weighted by Crippen LogP contribution is 2.21. The van der Waals surface area contributed by atoms with Crippen molar-refractivity contribution in [3.05, 3.63) is 35.8 Å². The van der Waals surface area contributed by atoms with E-state index >= 15 is 0 Å². The zero-order chi connectivity index (χ0) is 14.7. The first-order chi connectivity index (χ1) is 10.3. The third-order valence-electron chi connectivity index (χ3n) is 3.18. The molecule has 0 saturated carbocycles. The van der Waals surface area contributed by atoms with E-state index in [-0.39, 0.29) is 23.1 Å². The standard InChI is InChI=1S/C13H14FN5OS/c14-9-3-1-2-4-10(9)15-12-11(16-18-17-12)13(20)19-5-7-21-8-6-19/h1-4H,5-8H2,(H2,15,16,17,18). The molecule has 0 bridgehead atoms. The first-order valence-electron chi connectivity index (χ1n) is 6.55. The second-order valence-corrected chi connectivity index (χ2v) is 5.75. The van der Waals surface area contributed by atoms with E-state index in [0.29, 0.717) is 13.1 Å². The zero-order valence-electron chi connectivity index (χ0n) is 11.2. The third-order valence-corrected chi connectivity index (χ3v) is 4.12. The zero-order valence-corrected chi connectivity index (χ0v) is 12.0. The molecule has 0 atom stereocenters. The minimum absolute atomic E-state index is 0.185. The summed E-state index contributed by atoms with van der Waals surface area (Å²) in [5, 5.41) is 13.0. The van der Waals surface area contributed by atoms with E-state index in [0.717, 1.165) is 11.5 Å². The van der Waals surface area contributed by atoms with E-state index in [1.165, 1.54) is 6.07 Å². The number of aromatic nitrogens is 3. The first kappa shape index (κ1) is 13.9. The maximum absolute atomic E-state index is 13.6. The molecule has 1 amide bonds. The lowest BCUT2D eigenvalue weighted by Crippen LogP contribution is -2.38. The van der Waals surface area contributed by atoms with Gasteiger partial charge in [0.25, 0.3) is 5.91 Å². The number of nitrogens with zero attached hydrogens (tertiary/aromatic N) is 3. The Labute approximate surface area is 125 Å². The Balaban J connectivity index is 1.80. The molecule has 1 aromatic carbocycles. The largest absolute Gasteiger partial charge is 0.335 e. The van der Waals surface area contributed by atoms with Crippen molar-refractivity contribution >= 4 is 29.2 Å². The molecule has 21 heavy (non-hydrogen) atoms. The van der Waals surface area contributed by atoms with Gasteiger partial charge in [0.1, 0.15) is 5.82 Å². The summed E-state index contributed by atoms with van der Waals surface area (Å²) >= 11 is 1.82. The Bertz CT molecular complexity index is 641. The number of hydrogen-bond donors (Lipinski definition) is 2. The van der Waals surface area contributed by atoms with Crippen LogP contribution in [0.25, 0.3) is 0 Å². The number of aromatic amines is 1. The van der Waals surface area contributed by atoms with Gasteiger partial charge in [0.2, 0.25) is 0 Å². The fourth-order valence-electron chi connectivity index (χ4n) is 2.07. The van der Waals surface area contributed by atoms with Crippen LogP contribution in [0.1, 0.15) is 10.5 Å². The molecule has 3 rings (SSSR count). The van der Waals surface area contributed by atoms with Crippen LogP contribution in [0.3, 0.4) is 0 Å². The average molecular weight is 307 g/mol. The smallest absolute Gasteiger partial charge is 0.278 e. The summed E-state index contributed by atoms with van der Waals surface area (Å²) in [6.45, 7) is 1.38. The summed E-state index contributed by atoms with van der Waals surface area (Å²) in [6.07, 6.45) is 0. The van der Waals surface area contributed by atoms with E-state index in [1.807, 2.05) is 11.8 Å². The SMILES string of the molecule is O=C(c1n[nH]nc1Nc1ccccc1F)N1CCSCC1. The molecule has 2 N–H and O–H groups in total. The molecular formula is C13H14FN5OS. The predicted molar refractivity (Wildman–Crippen MR) is 79.3 cm³/mol. The lowest BCUT2D eigenvalue weighted by Gasteiger charge is -2.25. The second-order valence-electron chi connectivity index (χ2n) is 4.53. The highest BCUT2D eigenvalue weighted by Gasteiger charge is 2.24. The number of carbonyl (C=O) groups is 1. The number of para-hydroxylation sites is 1. The summed E-state index contributed by atoms with van der Waals surface area (Å²) in [7, 11) is 0. The van der Waals surface area contributed by atoms with Gasteiger partial charge in [-0.15, -0.1) is 10.2 Å². The van der Waals surface area contributed by atoms with Crippen molar-refractivity contribution in [2.45, 2.75) is 0 Å². The summed E-state index contributed by atoms with van der Waals surface area (Å²) in [6, 6.07) is 6.22. The normalized spacial score (nSPS) is 15.0. The van der Waals surface area contributed by atoms with Gasteiger partial charge in [-0.3, -0.25) is 4.79 Å². The first-order valence-corrected chi connectivity index (χ1v) is 7.70. The minimum Gasteiger partial charge on any atom is -0.335 e. The maximum Gasteiger partial charge on any atom is 0.278 e. The number of nitrogens with one attached hydrogen (secondary N) is 2. The van der Waals surface area contributed by atoms with Crippen LogP contribution in [0.4, 0.5) is 15.9 Å². The van der Waals surface area contributed by atoms with Crippen molar-refractivity contribution < 1.29 is 9.18 Å². The number of rotatable bonds is 3.